The van der Waals surface area contributed by atoms with E-state index in [9.17, 15) is 23.1 Å². The van der Waals surface area contributed by atoms with Crippen molar-refractivity contribution < 1.29 is 27.9 Å². The van der Waals surface area contributed by atoms with Crippen LogP contribution in [0.2, 0.25) is 0 Å². The van der Waals surface area contributed by atoms with Crippen LogP contribution >= 0.6 is 0 Å². The minimum atomic E-state index is -4.00. The summed E-state index contributed by atoms with van der Waals surface area (Å²) >= 11 is 0. The molecule has 2 aliphatic rings. The predicted molar refractivity (Wildman–Crippen MR) is 115 cm³/mol. The van der Waals surface area contributed by atoms with Gasteiger partial charge in [-0.15, -0.1) is 0 Å². The first kappa shape index (κ1) is 23.7. The highest BCUT2D eigenvalue weighted by molar-refractivity contribution is 7.89. The van der Waals surface area contributed by atoms with Crippen molar-refractivity contribution in [2.45, 2.75) is 81.9 Å². The largest absolute Gasteiger partial charge is 0.454 e. The maximum absolute atomic E-state index is 13.1. The average Bonchev–Trinajstić information content (AvgIpc) is 2.95. The second-order valence-corrected chi connectivity index (χ2v) is 10.5. The molecule has 2 atom stereocenters. The first-order valence-electron chi connectivity index (χ1n) is 10.9. The number of hydrogen-bond donors (Lipinski definition) is 2. The van der Waals surface area contributed by atoms with Crippen LogP contribution in [0.15, 0.2) is 23.1 Å². The quantitative estimate of drug-likeness (QED) is 0.503. The molecule has 1 aromatic rings. The molecule has 0 aromatic heterocycles. The van der Waals surface area contributed by atoms with Crippen molar-refractivity contribution in [2.75, 3.05) is 13.2 Å². The van der Waals surface area contributed by atoms with Gasteiger partial charge in [0.05, 0.1) is 11.0 Å². The van der Waals surface area contributed by atoms with E-state index in [4.69, 9.17) is 4.74 Å². The molecule has 0 radical (unpaired) electrons. The fourth-order valence-electron chi connectivity index (χ4n) is 4.20. The molecular formula is C22H32N2O6S. The minimum Gasteiger partial charge on any atom is -0.454 e. The van der Waals surface area contributed by atoms with Crippen LogP contribution in [0.25, 0.3) is 0 Å². The summed E-state index contributed by atoms with van der Waals surface area (Å²) in [7, 11) is -4.00. The molecule has 1 aliphatic heterocycles. The lowest BCUT2D eigenvalue weighted by Gasteiger charge is -2.23. The number of aliphatic hydroxyl groups is 1. The number of amides is 1. The number of nitrogens with zero attached hydrogens (tertiary/aromatic N) is 1. The van der Waals surface area contributed by atoms with Gasteiger partial charge in [0.2, 0.25) is 10.0 Å². The highest BCUT2D eigenvalue weighted by Crippen LogP contribution is 2.28. The summed E-state index contributed by atoms with van der Waals surface area (Å²) in [4.78, 5) is 24.9. The Kier molecular flexibility index (Phi) is 7.72. The van der Waals surface area contributed by atoms with E-state index < -0.39 is 34.7 Å². The number of aliphatic hydroxyl groups excluding tert-OH is 1. The number of nitrogens with one attached hydrogen (secondary N) is 1. The number of rotatable bonds is 6. The van der Waals surface area contributed by atoms with Crippen LogP contribution in [-0.4, -0.2) is 61.0 Å². The Balaban J connectivity index is 1.63. The van der Waals surface area contributed by atoms with Crippen LogP contribution in [0.1, 0.15) is 56.1 Å². The van der Waals surface area contributed by atoms with Gasteiger partial charge >= 0.3 is 5.97 Å². The minimum absolute atomic E-state index is 0.0624. The molecule has 1 aliphatic carbocycles. The SMILES string of the molecule is Cc1ccc(S(=O)(=O)N2CC(O)C[C@H]2C(=O)OCC(=O)NC2CCCCCC2)cc1C. The van der Waals surface area contributed by atoms with Gasteiger partial charge in [0.25, 0.3) is 5.91 Å². The van der Waals surface area contributed by atoms with E-state index in [2.05, 4.69) is 5.32 Å². The lowest BCUT2D eigenvalue weighted by molar-refractivity contribution is -0.152. The molecule has 1 amide bonds. The molecule has 172 valence electrons. The molecule has 3 rings (SSSR count). The second-order valence-electron chi connectivity index (χ2n) is 8.59. The lowest BCUT2D eigenvalue weighted by atomic mass is 10.1. The third kappa shape index (κ3) is 5.84. The zero-order chi connectivity index (χ0) is 22.6. The van der Waals surface area contributed by atoms with Gasteiger partial charge in [-0.1, -0.05) is 31.7 Å². The van der Waals surface area contributed by atoms with Gasteiger partial charge in [0.1, 0.15) is 6.04 Å². The standard InChI is InChI=1S/C22H32N2O6S/c1-15-9-10-19(11-16(15)2)31(28,29)24-13-18(25)12-20(24)22(27)30-14-21(26)23-17-7-5-3-4-6-8-17/h9-11,17-18,20,25H,3-8,12-14H2,1-2H3,(H,23,26)/t18?,20-/m0/s1. The van der Waals surface area contributed by atoms with Gasteiger partial charge in [0, 0.05) is 19.0 Å². The summed E-state index contributed by atoms with van der Waals surface area (Å²) in [5.41, 5.74) is 1.77. The number of ether oxygens (including phenoxy) is 1. The van der Waals surface area contributed by atoms with E-state index in [-0.39, 0.29) is 29.8 Å². The summed E-state index contributed by atoms with van der Waals surface area (Å²) in [5.74, 6) is -1.21. The van der Waals surface area contributed by atoms with Crippen molar-refractivity contribution in [3.05, 3.63) is 29.3 Å². The fourth-order valence-corrected chi connectivity index (χ4v) is 5.91. The first-order valence-corrected chi connectivity index (χ1v) is 12.4. The summed E-state index contributed by atoms with van der Waals surface area (Å²) in [5, 5.41) is 13.0. The van der Waals surface area contributed by atoms with E-state index >= 15 is 0 Å². The Labute approximate surface area is 184 Å². The smallest absolute Gasteiger partial charge is 0.325 e. The number of benzene rings is 1. The molecule has 1 saturated carbocycles. The molecule has 1 saturated heterocycles. The maximum Gasteiger partial charge on any atom is 0.325 e. The number of carbonyl (C=O) groups is 2. The zero-order valence-corrected chi connectivity index (χ0v) is 19.0. The number of sulfonamides is 1. The zero-order valence-electron chi connectivity index (χ0n) is 18.2. The lowest BCUT2D eigenvalue weighted by Crippen LogP contribution is -2.43. The van der Waals surface area contributed by atoms with Crippen LogP contribution in [-0.2, 0) is 24.3 Å². The topological polar surface area (TPSA) is 113 Å². The molecule has 9 heteroatoms. The van der Waals surface area contributed by atoms with E-state index in [1.807, 2.05) is 13.8 Å². The maximum atomic E-state index is 13.1. The summed E-state index contributed by atoms with van der Waals surface area (Å²) in [6.07, 6.45) is 5.25. The molecule has 8 nitrogen and oxygen atoms in total. The first-order chi connectivity index (χ1) is 14.7. The molecule has 2 fully saturated rings. The van der Waals surface area contributed by atoms with Crippen LogP contribution in [0.3, 0.4) is 0 Å². The predicted octanol–water partition coefficient (Wildman–Crippen LogP) is 1.81. The van der Waals surface area contributed by atoms with Gasteiger partial charge in [0.15, 0.2) is 6.61 Å². The van der Waals surface area contributed by atoms with Gasteiger partial charge in [-0.05, 0) is 49.9 Å². The van der Waals surface area contributed by atoms with Crippen LogP contribution in [0.4, 0.5) is 0 Å². The average molecular weight is 453 g/mol. The number of esters is 1. The second kappa shape index (κ2) is 10.1. The van der Waals surface area contributed by atoms with E-state index in [1.54, 1.807) is 12.1 Å². The van der Waals surface area contributed by atoms with Crippen molar-refractivity contribution in [3.63, 3.8) is 0 Å². The summed E-state index contributed by atoms with van der Waals surface area (Å²) in [6, 6.07) is 3.68. The number of β-amino-alcohol motifs (C(OH)–C–C–N with tert-alkyl or cyclic N) is 1. The van der Waals surface area contributed by atoms with Crippen molar-refractivity contribution >= 4 is 21.9 Å². The molecule has 0 bridgehead atoms. The van der Waals surface area contributed by atoms with Crippen molar-refractivity contribution in [2.24, 2.45) is 0 Å². The molecule has 31 heavy (non-hydrogen) atoms. The van der Waals surface area contributed by atoms with Crippen molar-refractivity contribution in [1.82, 2.24) is 9.62 Å². The number of hydrogen-bond acceptors (Lipinski definition) is 6. The monoisotopic (exact) mass is 452 g/mol. The van der Waals surface area contributed by atoms with Gasteiger partial charge in [-0.2, -0.15) is 4.31 Å². The normalized spacial score (nSPS) is 23.3. The summed E-state index contributed by atoms with van der Waals surface area (Å²) in [6.45, 7) is 3.04. The molecule has 1 unspecified atom stereocenters. The van der Waals surface area contributed by atoms with E-state index in [0.29, 0.717) is 0 Å². The van der Waals surface area contributed by atoms with Gasteiger partial charge < -0.3 is 15.2 Å². The molecule has 2 N–H and O–H groups in total. The van der Waals surface area contributed by atoms with Gasteiger partial charge in [-0.3, -0.25) is 9.59 Å². The molecule has 0 spiro atoms. The van der Waals surface area contributed by atoms with E-state index in [0.717, 1.165) is 54.0 Å². The summed E-state index contributed by atoms with van der Waals surface area (Å²) < 4.78 is 32.4. The Morgan fingerprint density at radius 1 is 1.13 bits per heavy atom. The third-order valence-corrected chi connectivity index (χ3v) is 8.03. The van der Waals surface area contributed by atoms with Crippen LogP contribution < -0.4 is 5.32 Å². The highest BCUT2D eigenvalue weighted by atomic mass is 32.2. The fraction of sp³-hybridized carbons (Fsp3) is 0.636. The number of carbonyl (C=O) groups excluding carboxylic acids is 2. The van der Waals surface area contributed by atoms with Crippen molar-refractivity contribution in [3.8, 4) is 0 Å². The Morgan fingerprint density at radius 2 is 1.81 bits per heavy atom. The van der Waals surface area contributed by atoms with Crippen LogP contribution in [0, 0.1) is 13.8 Å². The Morgan fingerprint density at radius 3 is 2.45 bits per heavy atom. The number of aryl methyl sites for hydroxylation is 2. The van der Waals surface area contributed by atoms with Gasteiger partial charge in [-0.25, -0.2) is 8.42 Å². The molecule has 1 aromatic carbocycles. The van der Waals surface area contributed by atoms with Crippen LogP contribution in [0.5, 0.6) is 0 Å². The molecule has 1 heterocycles. The van der Waals surface area contributed by atoms with E-state index in [1.165, 1.54) is 6.07 Å². The molecular weight excluding hydrogens is 420 g/mol. The Bertz CT molecular complexity index is 909. The third-order valence-electron chi connectivity index (χ3n) is 6.16. The van der Waals surface area contributed by atoms with Crippen molar-refractivity contribution in [1.29, 1.82) is 0 Å². The highest BCUT2D eigenvalue weighted by Gasteiger charge is 2.44. The Hall–Kier alpha value is -1.97.